The SMILES string of the molecule is CC(C)(CO)NC(=O)c1ccc(Br)cc1C(F)(F)F. The third-order valence-electron chi connectivity index (χ3n) is 2.38. The van der Waals surface area contributed by atoms with E-state index in [4.69, 9.17) is 5.11 Å². The van der Waals surface area contributed by atoms with Crippen LogP contribution in [0.3, 0.4) is 0 Å². The quantitative estimate of drug-likeness (QED) is 0.889. The molecule has 1 aromatic carbocycles. The summed E-state index contributed by atoms with van der Waals surface area (Å²) < 4.78 is 38.8. The van der Waals surface area contributed by atoms with Gasteiger partial charge in [-0.15, -0.1) is 0 Å². The number of halogens is 4. The number of carbonyl (C=O) groups is 1. The van der Waals surface area contributed by atoms with Gasteiger partial charge in [0.05, 0.1) is 23.3 Å². The maximum Gasteiger partial charge on any atom is 0.417 e. The molecule has 3 nitrogen and oxygen atoms in total. The number of alkyl halides is 3. The molecule has 0 saturated carbocycles. The molecule has 0 bridgehead atoms. The van der Waals surface area contributed by atoms with Crippen molar-refractivity contribution in [2.24, 2.45) is 0 Å². The molecule has 1 rings (SSSR count). The van der Waals surface area contributed by atoms with Crippen LogP contribution in [0.2, 0.25) is 0 Å². The van der Waals surface area contributed by atoms with E-state index in [0.29, 0.717) is 0 Å². The summed E-state index contributed by atoms with van der Waals surface area (Å²) in [6.07, 6.45) is -4.63. The fourth-order valence-corrected chi connectivity index (χ4v) is 1.72. The lowest BCUT2D eigenvalue weighted by atomic mass is 10.0. The number of amides is 1. The second kappa shape index (κ2) is 5.50. The van der Waals surface area contributed by atoms with E-state index in [-0.39, 0.29) is 11.1 Å². The van der Waals surface area contributed by atoms with Crippen LogP contribution in [0.25, 0.3) is 0 Å². The van der Waals surface area contributed by atoms with E-state index in [2.05, 4.69) is 21.2 Å². The molecule has 0 fully saturated rings. The number of rotatable bonds is 3. The Morgan fingerprint density at radius 1 is 1.37 bits per heavy atom. The van der Waals surface area contributed by atoms with Crippen molar-refractivity contribution in [2.75, 3.05) is 6.61 Å². The summed E-state index contributed by atoms with van der Waals surface area (Å²) in [7, 11) is 0. The van der Waals surface area contributed by atoms with Gasteiger partial charge in [0.1, 0.15) is 0 Å². The lowest BCUT2D eigenvalue weighted by Crippen LogP contribution is -2.46. The molecule has 7 heteroatoms. The zero-order chi connectivity index (χ0) is 14.8. The molecular formula is C12H13BrF3NO2. The second-order valence-electron chi connectivity index (χ2n) is 4.68. The fraction of sp³-hybridized carbons (Fsp3) is 0.417. The minimum absolute atomic E-state index is 0.234. The number of aliphatic hydroxyl groups is 1. The average Bonchev–Trinajstić information content (AvgIpc) is 2.27. The van der Waals surface area contributed by atoms with Crippen LogP contribution in [0.4, 0.5) is 13.2 Å². The Kier molecular flexibility index (Phi) is 4.63. The van der Waals surface area contributed by atoms with Crippen molar-refractivity contribution in [1.29, 1.82) is 0 Å². The summed E-state index contributed by atoms with van der Waals surface area (Å²) >= 11 is 2.94. The molecule has 0 aliphatic carbocycles. The lowest BCUT2D eigenvalue weighted by molar-refractivity contribution is -0.138. The number of hydrogen-bond donors (Lipinski definition) is 2. The Morgan fingerprint density at radius 2 is 1.95 bits per heavy atom. The Hall–Kier alpha value is -1.08. The van der Waals surface area contributed by atoms with E-state index >= 15 is 0 Å². The lowest BCUT2D eigenvalue weighted by Gasteiger charge is -2.24. The topological polar surface area (TPSA) is 49.3 Å². The average molecular weight is 340 g/mol. The number of carbonyl (C=O) groups excluding carboxylic acids is 1. The number of hydrogen-bond acceptors (Lipinski definition) is 2. The van der Waals surface area contributed by atoms with Gasteiger partial charge < -0.3 is 10.4 Å². The molecule has 19 heavy (non-hydrogen) atoms. The van der Waals surface area contributed by atoms with E-state index in [1.807, 2.05) is 0 Å². The predicted molar refractivity (Wildman–Crippen MR) is 67.8 cm³/mol. The Bertz CT molecular complexity index is 486. The Labute approximate surface area is 116 Å². The van der Waals surface area contributed by atoms with Gasteiger partial charge in [-0.3, -0.25) is 4.79 Å². The summed E-state index contributed by atoms with van der Waals surface area (Å²) in [4.78, 5) is 11.9. The van der Waals surface area contributed by atoms with E-state index < -0.39 is 28.7 Å². The molecule has 1 aromatic rings. The van der Waals surface area contributed by atoms with Crippen LogP contribution in [0, 0.1) is 0 Å². The maximum absolute atomic E-state index is 12.9. The van der Waals surface area contributed by atoms with Crippen molar-refractivity contribution >= 4 is 21.8 Å². The highest BCUT2D eigenvalue weighted by molar-refractivity contribution is 9.10. The van der Waals surface area contributed by atoms with Gasteiger partial charge in [-0.25, -0.2) is 0 Å². The molecule has 2 N–H and O–H groups in total. The first-order valence-electron chi connectivity index (χ1n) is 5.37. The van der Waals surface area contributed by atoms with Crippen molar-refractivity contribution < 1.29 is 23.1 Å². The first-order chi connectivity index (χ1) is 8.57. The van der Waals surface area contributed by atoms with Crippen molar-refractivity contribution in [1.82, 2.24) is 5.32 Å². The molecule has 0 heterocycles. The van der Waals surface area contributed by atoms with Crippen molar-refractivity contribution in [3.63, 3.8) is 0 Å². The molecule has 1 amide bonds. The van der Waals surface area contributed by atoms with Crippen molar-refractivity contribution in [3.05, 3.63) is 33.8 Å². The summed E-state index contributed by atoms with van der Waals surface area (Å²) in [5.74, 6) is -0.876. The van der Waals surface area contributed by atoms with Gasteiger partial charge in [-0.2, -0.15) is 13.2 Å². The van der Waals surface area contributed by atoms with E-state index in [9.17, 15) is 18.0 Å². The normalized spacial score (nSPS) is 12.4. The molecule has 106 valence electrons. The third-order valence-corrected chi connectivity index (χ3v) is 2.87. The molecule has 0 saturated heterocycles. The van der Waals surface area contributed by atoms with E-state index in [1.165, 1.54) is 19.9 Å². The van der Waals surface area contributed by atoms with E-state index in [1.54, 1.807) is 0 Å². The third kappa shape index (κ3) is 4.21. The standard InChI is InChI=1S/C12H13BrF3NO2/c1-11(2,6-18)17-10(19)8-4-3-7(13)5-9(8)12(14,15)16/h3-5,18H,6H2,1-2H3,(H,17,19). The molecule has 0 aromatic heterocycles. The first kappa shape index (κ1) is 16.0. The van der Waals surface area contributed by atoms with Gasteiger partial charge in [-0.1, -0.05) is 15.9 Å². The molecular weight excluding hydrogens is 327 g/mol. The second-order valence-corrected chi connectivity index (χ2v) is 5.60. The Balaban J connectivity index is 3.17. The minimum atomic E-state index is -4.63. The monoisotopic (exact) mass is 339 g/mol. The summed E-state index contributed by atoms with van der Waals surface area (Å²) in [5.41, 5.74) is -2.49. The number of benzene rings is 1. The van der Waals surface area contributed by atoms with Gasteiger partial charge in [0, 0.05) is 4.47 Å². The molecule has 0 aliphatic rings. The predicted octanol–water partition coefficient (Wildman–Crippen LogP) is 2.97. The summed E-state index contributed by atoms with van der Waals surface area (Å²) in [6.45, 7) is 2.64. The highest BCUT2D eigenvalue weighted by Crippen LogP contribution is 2.34. The van der Waals surface area contributed by atoms with Crippen LogP contribution in [0.5, 0.6) is 0 Å². The maximum atomic E-state index is 12.9. The first-order valence-corrected chi connectivity index (χ1v) is 6.16. The van der Waals surface area contributed by atoms with Crippen LogP contribution in [0.1, 0.15) is 29.8 Å². The van der Waals surface area contributed by atoms with Gasteiger partial charge in [-0.05, 0) is 32.0 Å². The molecule has 0 radical (unpaired) electrons. The van der Waals surface area contributed by atoms with Gasteiger partial charge in [0.2, 0.25) is 0 Å². The van der Waals surface area contributed by atoms with Crippen LogP contribution >= 0.6 is 15.9 Å². The molecule has 0 unspecified atom stereocenters. The van der Waals surface area contributed by atoms with Gasteiger partial charge >= 0.3 is 6.18 Å². The van der Waals surface area contributed by atoms with Crippen molar-refractivity contribution in [3.8, 4) is 0 Å². The fourth-order valence-electron chi connectivity index (χ4n) is 1.36. The Morgan fingerprint density at radius 3 is 2.42 bits per heavy atom. The van der Waals surface area contributed by atoms with Crippen molar-refractivity contribution in [2.45, 2.75) is 25.6 Å². The van der Waals surface area contributed by atoms with Gasteiger partial charge in [0.25, 0.3) is 5.91 Å². The minimum Gasteiger partial charge on any atom is -0.394 e. The van der Waals surface area contributed by atoms with E-state index in [0.717, 1.165) is 12.1 Å². The zero-order valence-electron chi connectivity index (χ0n) is 10.3. The largest absolute Gasteiger partial charge is 0.417 e. The smallest absolute Gasteiger partial charge is 0.394 e. The summed E-state index contributed by atoms with van der Waals surface area (Å²) in [5, 5.41) is 11.4. The van der Waals surface area contributed by atoms with Crippen LogP contribution < -0.4 is 5.32 Å². The van der Waals surface area contributed by atoms with Crippen LogP contribution in [-0.4, -0.2) is 23.2 Å². The zero-order valence-corrected chi connectivity index (χ0v) is 11.9. The molecule has 0 atom stereocenters. The number of nitrogens with one attached hydrogen (secondary N) is 1. The number of aliphatic hydroxyl groups excluding tert-OH is 1. The van der Waals surface area contributed by atoms with Crippen LogP contribution in [-0.2, 0) is 6.18 Å². The summed E-state index contributed by atoms with van der Waals surface area (Å²) in [6, 6.07) is 3.30. The van der Waals surface area contributed by atoms with Crippen LogP contribution in [0.15, 0.2) is 22.7 Å². The molecule has 0 aliphatic heterocycles. The molecule has 0 spiro atoms. The highest BCUT2D eigenvalue weighted by atomic mass is 79.9. The highest BCUT2D eigenvalue weighted by Gasteiger charge is 2.36. The van der Waals surface area contributed by atoms with Gasteiger partial charge in [0.15, 0.2) is 0 Å².